The van der Waals surface area contributed by atoms with E-state index in [1.54, 1.807) is 47.5 Å². The van der Waals surface area contributed by atoms with Gasteiger partial charge in [-0.2, -0.15) is 18.4 Å². The second-order valence-electron chi connectivity index (χ2n) is 8.65. The van der Waals surface area contributed by atoms with Crippen molar-refractivity contribution in [3.05, 3.63) is 77.5 Å². The number of nitrogens with one attached hydrogen (secondary N) is 1. The molecule has 3 heterocycles. The number of piperazine rings is 1. The van der Waals surface area contributed by atoms with Gasteiger partial charge in [0.15, 0.2) is 5.82 Å². The number of ether oxygens (including phenoxy) is 1. The van der Waals surface area contributed by atoms with Gasteiger partial charge in [-0.25, -0.2) is 9.78 Å². The zero-order valence-electron chi connectivity index (χ0n) is 19.9. The Morgan fingerprint density at radius 1 is 1.08 bits per heavy atom. The predicted octanol–water partition coefficient (Wildman–Crippen LogP) is 5.26. The van der Waals surface area contributed by atoms with Crippen LogP contribution in [-0.2, 0) is 12.7 Å². The van der Waals surface area contributed by atoms with Crippen LogP contribution in [0.4, 0.5) is 23.8 Å². The summed E-state index contributed by atoms with van der Waals surface area (Å²) in [6.45, 7) is 2.84. The Hall–Kier alpha value is -4.63. The number of carbonyl (C=O) groups is 1. The van der Waals surface area contributed by atoms with E-state index in [-0.39, 0.29) is 11.8 Å². The molecule has 38 heavy (non-hydrogen) atoms. The Balaban J connectivity index is 1.17. The van der Waals surface area contributed by atoms with E-state index < -0.39 is 17.3 Å². The van der Waals surface area contributed by atoms with Crippen molar-refractivity contribution < 1.29 is 27.2 Å². The third-order valence-electron chi connectivity index (χ3n) is 6.09. The molecule has 0 bridgehead atoms. The van der Waals surface area contributed by atoms with Crippen LogP contribution in [0.5, 0.6) is 11.5 Å². The van der Waals surface area contributed by atoms with Gasteiger partial charge in [-0.3, -0.25) is 10.2 Å². The number of fused-ring (bicyclic) bond motifs is 1. The summed E-state index contributed by atoms with van der Waals surface area (Å²) in [5.74, 6) is 0.693. The summed E-state index contributed by atoms with van der Waals surface area (Å²) in [6.07, 6.45) is -3.08. The lowest BCUT2D eigenvalue weighted by molar-refractivity contribution is -0.137. The van der Waals surface area contributed by atoms with Gasteiger partial charge in [0, 0.05) is 38.9 Å². The summed E-state index contributed by atoms with van der Waals surface area (Å²) in [6, 6.07) is 15.1. The van der Waals surface area contributed by atoms with Crippen LogP contribution in [0.15, 0.2) is 65.3 Å². The number of halogens is 3. The van der Waals surface area contributed by atoms with Crippen LogP contribution in [0.25, 0.3) is 11.1 Å². The zero-order chi connectivity index (χ0) is 26.7. The van der Waals surface area contributed by atoms with Crippen molar-refractivity contribution in [1.29, 1.82) is 5.26 Å². The summed E-state index contributed by atoms with van der Waals surface area (Å²) < 4.78 is 50.6. The summed E-state index contributed by atoms with van der Waals surface area (Å²) in [4.78, 5) is 20.6. The Labute approximate surface area is 215 Å². The van der Waals surface area contributed by atoms with Gasteiger partial charge < -0.3 is 14.2 Å². The van der Waals surface area contributed by atoms with Gasteiger partial charge in [0.05, 0.1) is 22.6 Å². The first-order valence-electron chi connectivity index (χ1n) is 11.7. The Morgan fingerprint density at radius 2 is 1.87 bits per heavy atom. The molecule has 194 valence electrons. The smallest absolute Gasteiger partial charge is 0.417 e. The number of rotatable bonds is 5. The largest absolute Gasteiger partial charge is 0.457 e. The molecule has 4 aromatic rings. The van der Waals surface area contributed by atoms with Crippen molar-refractivity contribution in [2.45, 2.75) is 12.7 Å². The fraction of sp³-hybridized carbons (Fsp3) is 0.231. The molecule has 1 aliphatic rings. The van der Waals surface area contributed by atoms with E-state index in [9.17, 15) is 18.0 Å². The SMILES string of the molecule is N#Cc1ccc(Oc2cccc(CN3CCN(C(=O)Nc4noc5ncccc45)CC3)c2)cc1C(F)(F)F. The van der Waals surface area contributed by atoms with Crippen molar-refractivity contribution in [3.8, 4) is 17.6 Å². The highest BCUT2D eigenvalue weighted by molar-refractivity contribution is 5.97. The molecule has 1 saturated heterocycles. The number of carbonyl (C=O) groups excluding carboxylic acids is 1. The highest BCUT2D eigenvalue weighted by Gasteiger charge is 2.34. The number of pyridine rings is 1. The molecule has 5 rings (SSSR count). The van der Waals surface area contributed by atoms with Crippen LogP contribution in [0, 0.1) is 11.3 Å². The summed E-state index contributed by atoms with van der Waals surface area (Å²) >= 11 is 0. The first kappa shape index (κ1) is 25.0. The van der Waals surface area contributed by atoms with Crippen molar-refractivity contribution in [2.24, 2.45) is 0 Å². The maximum absolute atomic E-state index is 13.3. The van der Waals surface area contributed by atoms with Gasteiger partial charge in [-0.15, -0.1) is 0 Å². The predicted molar refractivity (Wildman–Crippen MR) is 130 cm³/mol. The number of hydrogen-bond acceptors (Lipinski definition) is 7. The minimum atomic E-state index is -4.66. The number of urea groups is 1. The molecular formula is C26H21F3N6O3. The Bertz CT molecular complexity index is 1510. The van der Waals surface area contributed by atoms with Crippen molar-refractivity contribution in [3.63, 3.8) is 0 Å². The lowest BCUT2D eigenvalue weighted by Crippen LogP contribution is -2.49. The monoisotopic (exact) mass is 522 g/mol. The van der Waals surface area contributed by atoms with E-state index >= 15 is 0 Å². The molecule has 1 fully saturated rings. The van der Waals surface area contributed by atoms with Crippen LogP contribution in [0.1, 0.15) is 16.7 Å². The average Bonchev–Trinajstić information content (AvgIpc) is 3.31. The van der Waals surface area contributed by atoms with E-state index in [1.165, 1.54) is 6.07 Å². The van der Waals surface area contributed by atoms with Gasteiger partial charge in [0.25, 0.3) is 5.71 Å². The molecule has 1 N–H and O–H groups in total. The molecular weight excluding hydrogens is 501 g/mol. The lowest BCUT2D eigenvalue weighted by Gasteiger charge is -2.34. The first-order chi connectivity index (χ1) is 18.3. The maximum Gasteiger partial charge on any atom is 0.417 e. The fourth-order valence-electron chi connectivity index (χ4n) is 4.18. The average molecular weight is 522 g/mol. The lowest BCUT2D eigenvalue weighted by atomic mass is 10.1. The number of amides is 2. The van der Waals surface area contributed by atoms with Crippen molar-refractivity contribution in [1.82, 2.24) is 19.9 Å². The second kappa shape index (κ2) is 10.4. The molecule has 1 aliphatic heterocycles. The van der Waals surface area contributed by atoms with Crippen LogP contribution in [-0.4, -0.2) is 52.2 Å². The van der Waals surface area contributed by atoms with Crippen LogP contribution >= 0.6 is 0 Å². The number of benzene rings is 2. The van der Waals surface area contributed by atoms with Gasteiger partial charge in [-0.05, 0) is 48.0 Å². The molecule has 0 saturated carbocycles. The van der Waals surface area contributed by atoms with Crippen molar-refractivity contribution >= 4 is 22.9 Å². The fourth-order valence-corrected chi connectivity index (χ4v) is 4.18. The van der Waals surface area contributed by atoms with Crippen molar-refractivity contribution in [2.75, 3.05) is 31.5 Å². The van der Waals surface area contributed by atoms with E-state index in [1.807, 2.05) is 6.07 Å². The molecule has 2 amide bonds. The first-order valence-corrected chi connectivity index (χ1v) is 11.7. The standard InChI is InChI=1S/C26H21F3N6O3/c27-26(28,29)22-14-20(7-6-18(22)15-30)37-19-4-1-3-17(13-19)16-34-9-11-35(12-10-34)25(36)32-23-21-5-2-8-31-24(21)38-33-23/h1-8,13-14H,9-12,16H2,(H,32,33,36). The van der Waals surface area contributed by atoms with Gasteiger partial charge in [0.1, 0.15) is 11.5 Å². The third-order valence-corrected chi connectivity index (χ3v) is 6.09. The number of alkyl halides is 3. The number of nitriles is 1. The van der Waals surface area contributed by atoms with Crippen LogP contribution < -0.4 is 10.1 Å². The highest BCUT2D eigenvalue weighted by Crippen LogP contribution is 2.35. The summed E-state index contributed by atoms with van der Waals surface area (Å²) in [7, 11) is 0. The number of nitrogens with zero attached hydrogens (tertiary/aromatic N) is 5. The van der Waals surface area contributed by atoms with E-state index in [0.29, 0.717) is 55.4 Å². The topological polar surface area (TPSA) is 108 Å². The molecule has 0 atom stereocenters. The Kier molecular flexibility index (Phi) is 6.85. The third kappa shape index (κ3) is 5.52. The highest BCUT2D eigenvalue weighted by atomic mass is 19.4. The molecule has 9 nitrogen and oxygen atoms in total. The van der Waals surface area contributed by atoms with E-state index in [4.69, 9.17) is 14.5 Å². The Morgan fingerprint density at radius 3 is 2.63 bits per heavy atom. The normalized spacial score (nSPS) is 14.3. The minimum absolute atomic E-state index is 0.0104. The quantitative estimate of drug-likeness (QED) is 0.381. The zero-order valence-corrected chi connectivity index (χ0v) is 19.9. The minimum Gasteiger partial charge on any atom is -0.457 e. The molecule has 0 radical (unpaired) electrons. The van der Waals surface area contributed by atoms with Gasteiger partial charge in [-0.1, -0.05) is 17.3 Å². The molecule has 0 aliphatic carbocycles. The maximum atomic E-state index is 13.3. The molecule has 0 spiro atoms. The van der Waals surface area contributed by atoms with Gasteiger partial charge >= 0.3 is 12.2 Å². The van der Waals surface area contributed by atoms with Crippen LogP contribution in [0.2, 0.25) is 0 Å². The molecule has 12 heteroatoms. The number of hydrogen-bond donors (Lipinski definition) is 1. The number of aromatic nitrogens is 2. The second-order valence-corrected chi connectivity index (χ2v) is 8.65. The van der Waals surface area contributed by atoms with Crippen LogP contribution in [0.3, 0.4) is 0 Å². The molecule has 0 unspecified atom stereocenters. The summed E-state index contributed by atoms with van der Waals surface area (Å²) in [5.41, 5.74) is -0.243. The van der Waals surface area contributed by atoms with E-state index in [2.05, 4.69) is 20.4 Å². The molecule has 2 aromatic heterocycles. The number of anilines is 1. The van der Waals surface area contributed by atoms with E-state index in [0.717, 1.165) is 17.7 Å². The molecule has 2 aromatic carbocycles. The van der Waals surface area contributed by atoms with Gasteiger partial charge in [0.2, 0.25) is 0 Å². The summed E-state index contributed by atoms with van der Waals surface area (Å²) in [5, 5.41) is 16.2.